The molecule has 1 aliphatic rings. The van der Waals surface area contributed by atoms with Crippen molar-refractivity contribution >= 4 is 27.0 Å². The van der Waals surface area contributed by atoms with E-state index in [1.54, 1.807) is 12.1 Å². The summed E-state index contributed by atoms with van der Waals surface area (Å²) in [5.41, 5.74) is 3.11. The van der Waals surface area contributed by atoms with Gasteiger partial charge < -0.3 is 10.0 Å². The van der Waals surface area contributed by atoms with Gasteiger partial charge in [0.25, 0.3) is 0 Å². The van der Waals surface area contributed by atoms with Gasteiger partial charge in [0.15, 0.2) is 0 Å². The zero-order valence-electron chi connectivity index (χ0n) is 13.1. The maximum Gasteiger partial charge on any atom is 0.250 e. The first-order valence-corrected chi connectivity index (χ1v) is 9.75. The van der Waals surface area contributed by atoms with Crippen LogP contribution in [-0.2, 0) is 16.4 Å². The summed E-state index contributed by atoms with van der Waals surface area (Å²) in [6, 6.07) is 9.16. The molecule has 1 unspecified atom stereocenters. The fourth-order valence-electron chi connectivity index (χ4n) is 2.73. The second-order valence-electron chi connectivity index (χ2n) is 5.79. The molecule has 0 aliphatic carbocycles. The topological polar surface area (TPSA) is 69.6 Å². The van der Waals surface area contributed by atoms with Crippen molar-refractivity contribution in [3.63, 3.8) is 0 Å². The first kappa shape index (κ1) is 16.4. The van der Waals surface area contributed by atoms with E-state index in [1.165, 1.54) is 22.6 Å². The van der Waals surface area contributed by atoms with E-state index in [-0.39, 0.29) is 10.8 Å². The highest BCUT2D eigenvalue weighted by atomic mass is 32.2. The number of aliphatic hydroxyl groups is 1. The van der Waals surface area contributed by atoms with Crippen LogP contribution in [0.5, 0.6) is 0 Å². The Bertz CT molecular complexity index is 814. The van der Waals surface area contributed by atoms with Gasteiger partial charge in [0.2, 0.25) is 10.0 Å². The maximum absolute atomic E-state index is 12.2. The molecule has 124 valence electrons. The number of sulfonamides is 1. The SMILES string of the molecule is Cc1ccc(S(=O)(=O)NCC(O)c2ccc3c(c2)CCN3C)s1. The summed E-state index contributed by atoms with van der Waals surface area (Å²) in [4.78, 5) is 3.11. The van der Waals surface area contributed by atoms with Gasteiger partial charge in [0.1, 0.15) is 4.21 Å². The molecule has 23 heavy (non-hydrogen) atoms. The number of fused-ring (bicyclic) bond motifs is 1. The molecular weight excluding hydrogens is 332 g/mol. The second kappa shape index (κ2) is 6.24. The van der Waals surface area contributed by atoms with Crippen molar-refractivity contribution in [2.75, 3.05) is 25.0 Å². The van der Waals surface area contributed by atoms with E-state index >= 15 is 0 Å². The predicted molar refractivity (Wildman–Crippen MR) is 92.6 cm³/mol. The number of thiophene rings is 1. The van der Waals surface area contributed by atoms with E-state index in [1.807, 2.05) is 32.2 Å². The molecule has 0 saturated carbocycles. The van der Waals surface area contributed by atoms with Crippen LogP contribution in [0.25, 0.3) is 0 Å². The van der Waals surface area contributed by atoms with E-state index in [0.717, 1.165) is 23.4 Å². The molecular formula is C16H20N2O3S2. The highest BCUT2D eigenvalue weighted by Gasteiger charge is 2.20. The van der Waals surface area contributed by atoms with Crippen LogP contribution in [0, 0.1) is 6.92 Å². The molecule has 1 aliphatic heterocycles. The normalized spacial score (nSPS) is 15.7. The van der Waals surface area contributed by atoms with Gasteiger partial charge >= 0.3 is 0 Å². The molecule has 1 aromatic carbocycles. The van der Waals surface area contributed by atoms with Gasteiger partial charge in [-0.05, 0) is 42.7 Å². The Morgan fingerprint density at radius 3 is 2.83 bits per heavy atom. The van der Waals surface area contributed by atoms with Gasteiger partial charge in [-0.2, -0.15) is 0 Å². The summed E-state index contributed by atoms with van der Waals surface area (Å²) in [5, 5.41) is 10.3. The van der Waals surface area contributed by atoms with Crippen molar-refractivity contribution < 1.29 is 13.5 Å². The summed E-state index contributed by atoms with van der Waals surface area (Å²) in [7, 11) is -1.52. The number of anilines is 1. The monoisotopic (exact) mass is 352 g/mol. The minimum atomic E-state index is -3.56. The first-order valence-electron chi connectivity index (χ1n) is 7.45. The third-order valence-corrected chi connectivity index (χ3v) is 6.98. The van der Waals surface area contributed by atoms with Crippen LogP contribution < -0.4 is 9.62 Å². The summed E-state index contributed by atoms with van der Waals surface area (Å²) in [6.07, 6.45) is 0.0918. The summed E-state index contributed by atoms with van der Waals surface area (Å²) < 4.78 is 27.1. The lowest BCUT2D eigenvalue weighted by atomic mass is 10.0. The fourth-order valence-corrected chi connectivity index (χ4v) is 5.09. The Morgan fingerprint density at radius 2 is 2.13 bits per heavy atom. The van der Waals surface area contributed by atoms with Crippen LogP contribution in [0.1, 0.15) is 22.1 Å². The molecule has 2 aromatic rings. The van der Waals surface area contributed by atoms with E-state index < -0.39 is 16.1 Å². The molecule has 0 bridgehead atoms. The third kappa shape index (κ3) is 3.42. The van der Waals surface area contributed by atoms with Gasteiger partial charge in [-0.15, -0.1) is 11.3 Å². The zero-order chi connectivity index (χ0) is 16.6. The van der Waals surface area contributed by atoms with Crippen LogP contribution >= 0.6 is 11.3 Å². The number of nitrogens with one attached hydrogen (secondary N) is 1. The molecule has 3 rings (SSSR count). The Labute approximate surface area is 140 Å². The van der Waals surface area contributed by atoms with E-state index in [0.29, 0.717) is 0 Å². The number of benzene rings is 1. The van der Waals surface area contributed by atoms with E-state index in [2.05, 4.69) is 9.62 Å². The lowest BCUT2D eigenvalue weighted by Gasteiger charge is -2.15. The van der Waals surface area contributed by atoms with Gasteiger partial charge in [0.05, 0.1) is 6.10 Å². The van der Waals surface area contributed by atoms with Crippen LogP contribution in [0.4, 0.5) is 5.69 Å². The number of rotatable bonds is 5. The lowest BCUT2D eigenvalue weighted by Crippen LogP contribution is -2.28. The maximum atomic E-state index is 12.2. The van der Waals surface area contributed by atoms with Crippen LogP contribution in [0.2, 0.25) is 0 Å². The Balaban J connectivity index is 1.69. The highest BCUT2D eigenvalue weighted by Crippen LogP contribution is 2.29. The van der Waals surface area contributed by atoms with Crippen LogP contribution in [0.15, 0.2) is 34.5 Å². The number of hydrogen-bond donors (Lipinski definition) is 2. The van der Waals surface area contributed by atoms with Crippen LogP contribution in [0.3, 0.4) is 0 Å². The van der Waals surface area contributed by atoms with Gasteiger partial charge in [-0.25, -0.2) is 13.1 Å². The number of aliphatic hydroxyl groups excluding tert-OH is 1. The van der Waals surface area contributed by atoms with Gasteiger partial charge in [-0.3, -0.25) is 0 Å². The standard InChI is InChI=1S/C16H20N2O3S2/c1-11-3-6-16(22-11)23(20,21)17-10-15(19)13-4-5-14-12(9-13)7-8-18(14)2/h3-6,9,15,17,19H,7-8,10H2,1-2H3. The molecule has 2 heterocycles. The van der Waals surface area contributed by atoms with Crippen molar-refractivity contribution in [3.05, 3.63) is 46.3 Å². The molecule has 0 saturated heterocycles. The van der Waals surface area contributed by atoms with E-state index in [9.17, 15) is 13.5 Å². The molecule has 0 radical (unpaired) electrons. The number of aryl methyl sites for hydroxylation is 1. The number of hydrogen-bond acceptors (Lipinski definition) is 5. The average molecular weight is 352 g/mol. The Kier molecular flexibility index (Phi) is 4.46. The minimum absolute atomic E-state index is 0.0338. The van der Waals surface area contributed by atoms with Crippen molar-refractivity contribution in [3.8, 4) is 0 Å². The number of nitrogens with zero attached hydrogens (tertiary/aromatic N) is 1. The largest absolute Gasteiger partial charge is 0.387 e. The highest BCUT2D eigenvalue weighted by molar-refractivity contribution is 7.91. The Hall–Kier alpha value is -1.41. The fraction of sp³-hybridized carbons (Fsp3) is 0.375. The van der Waals surface area contributed by atoms with Gasteiger partial charge in [-0.1, -0.05) is 12.1 Å². The zero-order valence-corrected chi connectivity index (χ0v) is 14.7. The average Bonchev–Trinajstić information content (AvgIpc) is 3.12. The smallest absolute Gasteiger partial charge is 0.250 e. The number of likely N-dealkylation sites (N-methyl/N-ethyl adjacent to an activating group) is 1. The summed E-state index contributed by atoms with van der Waals surface area (Å²) in [6.45, 7) is 2.80. The Morgan fingerprint density at radius 1 is 1.35 bits per heavy atom. The van der Waals surface area contributed by atoms with Crippen molar-refractivity contribution in [1.29, 1.82) is 0 Å². The molecule has 0 amide bonds. The quantitative estimate of drug-likeness (QED) is 0.864. The van der Waals surface area contributed by atoms with E-state index in [4.69, 9.17) is 0 Å². The van der Waals surface area contributed by atoms with Gasteiger partial charge in [0, 0.05) is 30.7 Å². The van der Waals surface area contributed by atoms with Crippen molar-refractivity contribution in [1.82, 2.24) is 4.72 Å². The van der Waals surface area contributed by atoms with Crippen molar-refractivity contribution in [2.45, 2.75) is 23.7 Å². The first-order chi connectivity index (χ1) is 10.9. The minimum Gasteiger partial charge on any atom is -0.387 e. The molecule has 0 spiro atoms. The molecule has 5 nitrogen and oxygen atoms in total. The molecule has 1 aromatic heterocycles. The summed E-state index contributed by atoms with van der Waals surface area (Å²) in [5.74, 6) is 0. The molecule has 2 N–H and O–H groups in total. The second-order valence-corrected chi connectivity index (χ2v) is 9.07. The molecule has 1 atom stereocenters. The third-order valence-electron chi connectivity index (χ3n) is 4.06. The van der Waals surface area contributed by atoms with Crippen molar-refractivity contribution in [2.24, 2.45) is 0 Å². The lowest BCUT2D eigenvalue weighted by molar-refractivity contribution is 0.182. The summed E-state index contributed by atoms with van der Waals surface area (Å²) >= 11 is 1.22. The predicted octanol–water partition coefficient (Wildman–Crippen LogP) is 2.06. The van der Waals surface area contributed by atoms with Crippen LogP contribution in [-0.4, -0.2) is 33.7 Å². The molecule has 7 heteroatoms. The molecule has 0 fully saturated rings.